The summed E-state index contributed by atoms with van der Waals surface area (Å²) in [5.41, 5.74) is 6.91. The maximum Gasteiger partial charge on any atom is 0.272 e. The number of nitrogens with one attached hydrogen (secondary N) is 3. The molecule has 2 amide bonds. The highest BCUT2D eigenvalue weighted by atomic mass is 35.5. The number of nitrogens with zero attached hydrogens (tertiary/aromatic N) is 1. The fourth-order valence-corrected chi connectivity index (χ4v) is 3.28. The van der Waals surface area contributed by atoms with E-state index in [9.17, 15) is 9.59 Å². The molecule has 7 nitrogen and oxygen atoms in total. The minimum absolute atomic E-state index is 0. The zero-order chi connectivity index (χ0) is 14.9. The van der Waals surface area contributed by atoms with Gasteiger partial charge in [-0.15, -0.1) is 12.4 Å². The summed E-state index contributed by atoms with van der Waals surface area (Å²) in [5, 5.41) is 13.1. The van der Waals surface area contributed by atoms with Gasteiger partial charge in [0.05, 0.1) is 0 Å². The largest absolute Gasteiger partial charge is 0.368 e. The number of aromatic amines is 1. The van der Waals surface area contributed by atoms with Gasteiger partial charge in [-0.3, -0.25) is 14.7 Å². The first-order chi connectivity index (χ1) is 10.1. The van der Waals surface area contributed by atoms with Crippen LogP contribution in [-0.4, -0.2) is 34.1 Å². The summed E-state index contributed by atoms with van der Waals surface area (Å²) in [5.74, 6) is -0.755. The van der Waals surface area contributed by atoms with Crippen molar-refractivity contribution in [2.24, 2.45) is 5.73 Å². The highest BCUT2D eigenvalue weighted by molar-refractivity contribution is 5.98. The van der Waals surface area contributed by atoms with Crippen LogP contribution in [0.1, 0.15) is 53.8 Å². The molecule has 0 radical (unpaired) electrons. The Morgan fingerprint density at radius 3 is 2.64 bits per heavy atom. The van der Waals surface area contributed by atoms with Gasteiger partial charge in [0.15, 0.2) is 5.69 Å². The summed E-state index contributed by atoms with van der Waals surface area (Å²) in [6.45, 7) is 1.50. The lowest BCUT2D eigenvalue weighted by molar-refractivity contribution is -0.125. The first-order valence-electron chi connectivity index (χ1n) is 7.52. The molecule has 1 saturated carbocycles. The van der Waals surface area contributed by atoms with Crippen LogP contribution in [0.3, 0.4) is 0 Å². The van der Waals surface area contributed by atoms with Gasteiger partial charge in [0.1, 0.15) is 5.54 Å². The second-order valence-electron chi connectivity index (χ2n) is 5.92. The van der Waals surface area contributed by atoms with E-state index in [2.05, 4.69) is 20.8 Å². The molecule has 3 rings (SSSR count). The molecular formula is C14H22ClN5O2. The topological polar surface area (TPSA) is 113 Å². The van der Waals surface area contributed by atoms with Gasteiger partial charge in [-0.1, -0.05) is 19.3 Å². The SMILES string of the molecule is Cl.NC(=O)C1(NC(=O)c2n[nH]c3c2CNCC3)CCCCC1. The number of aromatic nitrogens is 2. The quantitative estimate of drug-likeness (QED) is 0.643. The summed E-state index contributed by atoms with van der Waals surface area (Å²) in [7, 11) is 0. The van der Waals surface area contributed by atoms with E-state index in [-0.39, 0.29) is 18.3 Å². The van der Waals surface area contributed by atoms with E-state index < -0.39 is 11.4 Å². The van der Waals surface area contributed by atoms with Gasteiger partial charge in [0.25, 0.3) is 5.91 Å². The van der Waals surface area contributed by atoms with E-state index in [4.69, 9.17) is 5.73 Å². The summed E-state index contributed by atoms with van der Waals surface area (Å²) >= 11 is 0. The molecule has 1 fully saturated rings. The molecule has 0 spiro atoms. The summed E-state index contributed by atoms with van der Waals surface area (Å²) in [6.07, 6.45) is 4.94. The number of hydrogen-bond acceptors (Lipinski definition) is 4. The van der Waals surface area contributed by atoms with Crippen molar-refractivity contribution in [1.29, 1.82) is 0 Å². The van der Waals surface area contributed by atoms with E-state index in [0.29, 0.717) is 25.1 Å². The fraction of sp³-hybridized carbons (Fsp3) is 0.643. The van der Waals surface area contributed by atoms with Gasteiger partial charge in [0.2, 0.25) is 5.91 Å². The first-order valence-corrected chi connectivity index (χ1v) is 7.52. The number of H-pyrrole nitrogens is 1. The van der Waals surface area contributed by atoms with Gasteiger partial charge < -0.3 is 16.4 Å². The number of fused-ring (bicyclic) bond motifs is 1. The van der Waals surface area contributed by atoms with Crippen LogP contribution in [0.2, 0.25) is 0 Å². The van der Waals surface area contributed by atoms with Crippen LogP contribution >= 0.6 is 12.4 Å². The molecule has 0 saturated heterocycles. The van der Waals surface area contributed by atoms with Crippen molar-refractivity contribution in [2.45, 2.75) is 50.6 Å². The summed E-state index contributed by atoms with van der Waals surface area (Å²) in [4.78, 5) is 24.4. The average Bonchev–Trinajstić information content (AvgIpc) is 2.92. The predicted octanol–water partition coefficient (Wildman–Crippen LogP) is 0.395. The Hall–Kier alpha value is -1.60. The minimum atomic E-state index is -0.913. The normalized spacial score (nSPS) is 19.6. The van der Waals surface area contributed by atoms with Crippen LogP contribution in [0.15, 0.2) is 0 Å². The lowest BCUT2D eigenvalue weighted by Crippen LogP contribution is -2.58. The zero-order valence-corrected chi connectivity index (χ0v) is 13.2. The highest BCUT2D eigenvalue weighted by Crippen LogP contribution is 2.28. The predicted molar refractivity (Wildman–Crippen MR) is 83.7 cm³/mol. The van der Waals surface area contributed by atoms with E-state index in [1.807, 2.05) is 0 Å². The number of carbonyl (C=O) groups excluding carboxylic acids is 2. The Morgan fingerprint density at radius 1 is 1.23 bits per heavy atom. The fourth-order valence-electron chi connectivity index (χ4n) is 3.28. The van der Waals surface area contributed by atoms with Crippen LogP contribution in [-0.2, 0) is 17.8 Å². The maximum absolute atomic E-state index is 12.5. The van der Waals surface area contributed by atoms with E-state index in [1.165, 1.54) is 0 Å². The van der Waals surface area contributed by atoms with Gasteiger partial charge in [-0.2, -0.15) is 5.10 Å². The number of nitrogens with two attached hydrogens (primary N) is 1. The monoisotopic (exact) mass is 327 g/mol. The Bertz CT molecular complexity index is 566. The molecule has 0 unspecified atom stereocenters. The zero-order valence-electron chi connectivity index (χ0n) is 12.4. The van der Waals surface area contributed by atoms with Gasteiger partial charge in [0, 0.05) is 30.8 Å². The average molecular weight is 328 g/mol. The number of carbonyl (C=O) groups is 2. The lowest BCUT2D eigenvalue weighted by Gasteiger charge is -2.34. The van der Waals surface area contributed by atoms with Gasteiger partial charge >= 0.3 is 0 Å². The van der Waals surface area contributed by atoms with Gasteiger partial charge in [-0.25, -0.2) is 0 Å². The van der Waals surface area contributed by atoms with Crippen LogP contribution in [0.5, 0.6) is 0 Å². The molecule has 5 N–H and O–H groups in total. The molecular weight excluding hydrogens is 306 g/mol. The summed E-state index contributed by atoms with van der Waals surface area (Å²) < 4.78 is 0. The van der Waals surface area contributed by atoms with Crippen molar-refractivity contribution in [1.82, 2.24) is 20.8 Å². The molecule has 122 valence electrons. The second-order valence-corrected chi connectivity index (χ2v) is 5.92. The van der Waals surface area contributed by atoms with Crippen LogP contribution in [0.25, 0.3) is 0 Å². The van der Waals surface area contributed by atoms with Crippen molar-refractivity contribution in [3.63, 3.8) is 0 Å². The van der Waals surface area contributed by atoms with Gasteiger partial charge in [-0.05, 0) is 12.8 Å². The third-order valence-corrected chi connectivity index (χ3v) is 4.55. The standard InChI is InChI=1S/C14H21N5O2.ClH/c15-13(21)14(5-2-1-3-6-14)17-12(20)11-9-8-16-7-4-10(9)18-19-11;/h16H,1-8H2,(H2,15,21)(H,17,20)(H,18,19);1H. The number of rotatable bonds is 3. The molecule has 1 aliphatic carbocycles. The minimum Gasteiger partial charge on any atom is -0.368 e. The van der Waals surface area contributed by atoms with Crippen molar-refractivity contribution in [2.75, 3.05) is 6.54 Å². The Kier molecular flexibility index (Phi) is 5.08. The third kappa shape index (κ3) is 2.96. The summed E-state index contributed by atoms with van der Waals surface area (Å²) in [6, 6.07) is 0. The number of primary amides is 1. The Balaban J connectivity index is 0.00000176. The molecule has 1 aromatic rings. The Morgan fingerprint density at radius 2 is 1.95 bits per heavy atom. The molecule has 1 aromatic heterocycles. The molecule has 0 bridgehead atoms. The van der Waals surface area contributed by atoms with Crippen molar-refractivity contribution < 1.29 is 9.59 Å². The Labute approximate surface area is 135 Å². The first kappa shape index (κ1) is 16.8. The lowest BCUT2D eigenvalue weighted by atomic mass is 9.81. The smallest absolute Gasteiger partial charge is 0.272 e. The van der Waals surface area contributed by atoms with Crippen molar-refractivity contribution >= 4 is 24.2 Å². The van der Waals surface area contributed by atoms with E-state index in [0.717, 1.165) is 43.5 Å². The molecule has 0 aromatic carbocycles. The van der Waals surface area contributed by atoms with E-state index >= 15 is 0 Å². The maximum atomic E-state index is 12.5. The molecule has 2 aliphatic rings. The van der Waals surface area contributed by atoms with Crippen LogP contribution in [0.4, 0.5) is 0 Å². The van der Waals surface area contributed by atoms with Crippen LogP contribution < -0.4 is 16.4 Å². The molecule has 8 heteroatoms. The van der Waals surface area contributed by atoms with E-state index in [1.54, 1.807) is 0 Å². The van der Waals surface area contributed by atoms with Crippen molar-refractivity contribution in [3.05, 3.63) is 17.0 Å². The number of halogens is 1. The second kappa shape index (κ2) is 6.66. The van der Waals surface area contributed by atoms with Crippen molar-refractivity contribution in [3.8, 4) is 0 Å². The molecule has 1 aliphatic heterocycles. The molecule has 0 atom stereocenters. The molecule has 2 heterocycles. The van der Waals surface area contributed by atoms with Crippen LogP contribution in [0, 0.1) is 0 Å². The third-order valence-electron chi connectivity index (χ3n) is 4.55. The highest BCUT2D eigenvalue weighted by Gasteiger charge is 2.40. The number of hydrogen-bond donors (Lipinski definition) is 4. The molecule has 22 heavy (non-hydrogen) atoms. The number of amides is 2.